The summed E-state index contributed by atoms with van der Waals surface area (Å²) in [5.41, 5.74) is 0. The first-order valence-electron chi connectivity index (χ1n) is 4.74. The fourth-order valence-electron chi connectivity index (χ4n) is 1.13. The minimum atomic E-state index is 0.124. The molecule has 72 valence electrons. The number of hydrogen-bond acceptors (Lipinski definition) is 1. The fourth-order valence-corrected chi connectivity index (χ4v) is 1.13. The summed E-state index contributed by atoms with van der Waals surface area (Å²) in [4.78, 5) is 13.3. The minimum Gasteiger partial charge on any atom is -0.345 e. The molecule has 1 atom stereocenters. The van der Waals surface area contributed by atoms with Crippen LogP contribution in [0.4, 0.5) is 0 Å². The molecule has 0 aliphatic carbocycles. The molecule has 0 bridgehead atoms. The first-order valence-corrected chi connectivity index (χ1v) is 4.74. The second kappa shape index (κ2) is 5.18. The van der Waals surface area contributed by atoms with Crippen LogP contribution in [-0.4, -0.2) is 24.4 Å². The molecule has 0 aliphatic rings. The maximum absolute atomic E-state index is 11.4. The Balaban J connectivity index is 3.86. The Bertz CT molecular complexity index is 143. The summed E-state index contributed by atoms with van der Waals surface area (Å²) in [6.45, 7) is 9.08. The SMILES string of the molecule is CCC(C)CN(C)C(=O)C(C)C. The van der Waals surface area contributed by atoms with Crippen LogP contribution in [0.3, 0.4) is 0 Å². The molecule has 0 aromatic carbocycles. The molecule has 1 amide bonds. The highest BCUT2D eigenvalue weighted by atomic mass is 16.2. The van der Waals surface area contributed by atoms with E-state index in [1.165, 1.54) is 0 Å². The van der Waals surface area contributed by atoms with Crippen molar-refractivity contribution in [2.75, 3.05) is 13.6 Å². The third kappa shape index (κ3) is 3.74. The van der Waals surface area contributed by atoms with Crippen LogP contribution in [0.1, 0.15) is 34.1 Å². The first kappa shape index (κ1) is 11.5. The summed E-state index contributed by atoms with van der Waals surface area (Å²) >= 11 is 0. The zero-order chi connectivity index (χ0) is 9.72. The van der Waals surface area contributed by atoms with Crippen molar-refractivity contribution in [1.82, 2.24) is 4.90 Å². The Hall–Kier alpha value is -0.530. The number of nitrogens with zero attached hydrogens (tertiary/aromatic N) is 1. The van der Waals surface area contributed by atoms with Crippen molar-refractivity contribution in [1.29, 1.82) is 0 Å². The van der Waals surface area contributed by atoms with Crippen LogP contribution in [0, 0.1) is 11.8 Å². The molecule has 0 rings (SSSR count). The van der Waals surface area contributed by atoms with E-state index in [-0.39, 0.29) is 11.8 Å². The summed E-state index contributed by atoms with van der Waals surface area (Å²) < 4.78 is 0. The zero-order valence-corrected chi connectivity index (χ0v) is 8.92. The van der Waals surface area contributed by atoms with Gasteiger partial charge in [0, 0.05) is 19.5 Å². The third-order valence-corrected chi connectivity index (χ3v) is 2.15. The van der Waals surface area contributed by atoms with Crippen molar-refractivity contribution < 1.29 is 4.79 Å². The quantitative estimate of drug-likeness (QED) is 0.634. The Labute approximate surface area is 75.9 Å². The van der Waals surface area contributed by atoms with Crippen LogP contribution < -0.4 is 0 Å². The highest BCUT2D eigenvalue weighted by Gasteiger charge is 2.14. The van der Waals surface area contributed by atoms with Gasteiger partial charge in [0.2, 0.25) is 5.91 Å². The molecule has 0 aliphatic heterocycles. The molecular weight excluding hydrogens is 150 g/mol. The van der Waals surface area contributed by atoms with Crippen LogP contribution in [0.5, 0.6) is 0 Å². The van der Waals surface area contributed by atoms with E-state index in [1.54, 1.807) is 0 Å². The minimum absolute atomic E-state index is 0.124. The highest BCUT2D eigenvalue weighted by molar-refractivity contribution is 5.77. The van der Waals surface area contributed by atoms with E-state index in [4.69, 9.17) is 0 Å². The van der Waals surface area contributed by atoms with Crippen LogP contribution in [0.15, 0.2) is 0 Å². The van der Waals surface area contributed by atoms with E-state index in [1.807, 2.05) is 25.8 Å². The standard InChI is InChI=1S/C10H21NO/c1-6-9(4)7-11(5)10(12)8(2)3/h8-9H,6-7H2,1-5H3. The van der Waals surface area contributed by atoms with Crippen LogP contribution in [-0.2, 0) is 4.79 Å². The molecule has 12 heavy (non-hydrogen) atoms. The topological polar surface area (TPSA) is 20.3 Å². The van der Waals surface area contributed by atoms with E-state index >= 15 is 0 Å². The van der Waals surface area contributed by atoms with Crippen molar-refractivity contribution in [3.8, 4) is 0 Å². The van der Waals surface area contributed by atoms with Gasteiger partial charge in [0.1, 0.15) is 0 Å². The Morgan fingerprint density at radius 1 is 1.33 bits per heavy atom. The number of rotatable bonds is 4. The van der Waals surface area contributed by atoms with Gasteiger partial charge >= 0.3 is 0 Å². The smallest absolute Gasteiger partial charge is 0.224 e. The van der Waals surface area contributed by atoms with Crippen LogP contribution >= 0.6 is 0 Å². The molecule has 0 aromatic rings. The number of hydrogen-bond donors (Lipinski definition) is 0. The maximum atomic E-state index is 11.4. The average Bonchev–Trinajstić information content (AvgIpc) is 2.02. The Morgan fingerprint density at radius 2 is 1.83 bits per heavy atom. The van der Waals surface area contributed by atoms with Gasteiger partial charge in [-0.05, 0) is 5.92 Å². The molecule has 0 spiro atoms. The predicted octanol–water partition coefficient (Wildman–Crippen LogP) is 2.15. The van der Waals surface area contributed by atoms with E-state index in [0.717, 1.165) is 13.0 Å². The maximum Gasteiger partial charge on any atom is 0.224 e. The van der Waals surface area contributed by atoms with Crippen molar-refractivity contribution >= 4 is 5.91 Å². The summed E-state index contributed by atoms with van der Waals surface area (Å²) in [7, 11) is 1.88. The van der Waals surface area contributed by atoms with Crippen LogP contribution in [0.2, 0.25) is 0 Å². The van der Waals surface area contributed by atoms with Gasteiger partial charge < -0.3 is 4.90 Å². The van der Waals surface area contributed by atoms with E-state index < -0.39 is 0 Å². The van der Waals surface area contributed by atoms with Gasteiger partial charge in [-0.2, -0.15) is 0 Å². The lowest BCUT2D eigenvalue weighted by molar-refractivity contribution is -0.133. The number of amides is 1. The summed E-state index contributed by atoms with van der Waals surface area (Å²) in [5, 5.41) is 0. The number of carbonyl (C=O) groups is 1. The van der Waals surface area contributed by atoms with Gasteiger partial charge in [0.15, 0.2) is 0 Å². The summed E-state index contributed by atoms with van der Waals surface area (Å²) in [6.07, 6.45) is 1.13. The second-order valence-electron chi connectivity index (χ2n) is 3.89. The van der Waals surface area contributed by atoms with Gasteiger partial charge in [-0.25, -0.2) is 0 Å². The molecule has 0 saturated heterocycles. The lowest BCUT2D eigenvalue weighted by Crippen LogP contribution is -2.33. The summed E-state index contributed by atoms with van der Waals surface area (Å²) in [6, 6.07) is 0. The highest BCUT2D eigenvalue weighted by Crippen LogP contribution is 2.05. The van der Waals surface area contributed by atoms with E-state index in [0.29, 0.717) is 5.92 Å². The van der Waals surface area contributed by atoms with E-state index in [9.17, 15) is 4.79 Å². The normalized spacial score (nSPS) is 13.2. The monoisotopic (exact) mass is 171 g/mol. The Kier molecular flexibility index (Phi) is 4.95. The lowest BCUT2D eigenvalue weighted by atomic mass is 10.1. The molecule has 0 heterocycles. The van der Waals surface area contributed by atoms with Crippen molar-refractivity contribution in [3.05, 3.63) is 0 Å². The van der Waals surface area contributed by atoms with Gasteiger partial charge in [-0.15, -0.1) is 0 Å². The second-order valence-corrected chi connectivity index (χ2v) is 3.89. The first-order chi connectivity index (χ1) is 5.49. The van der Waals surface area contributed by atoms with E-state index in [2.05, 4.69) is 13.8 Å². The molecule has 0 aromatic heterocycles. The van der Waals surface area contributed by atoms with Gasteiger partial charge in [-0.1, -0.05) is 34.1 Å². The predicted molar refractivity (Wildman–Crippen MR) is 51.9 cm³/mol. The zero-order valence-electron chi connectivity index (χ0n) is 8.92. The fraction of sp³-hybridized carbons (Fsp3) is 0.900. The third-order valence-electron chi connectivity index (χ3n) is 2.15. The molecule has 1 unspecified atom stereocenters. The lowest BCUT2D eigenvalue weighted by Gasteiger charge is -2.22. The molecule has 0 fully saturated rings. The van der Waals surface area contributed by atoms with Crippen molar-refractivity contribution in [3.63, 3.8) is 0 Å². The molecule has 0 saturated carbocycles. The average molecular weight is 171 g/mol. The number of carbonyl (C=O) groups excluding carboxylic acids is 1. The Morgan fingerprint density at radius 3 is 2.17 bits per heavy atom. The van der Waals surface area contributed by atoms with Crippen molar-refractivity contribution in [2.24, 2.45) is 11.8 Å². The molecule has 0 N–H and O–H groups in total. The molecule has 2 nitrogen and oxygen atoms in total. The van der Waals surface area contributed by atoms with Crippen LogP contribution in [0.25, 0.3) is 0 Å². The van der Waals surface area contributed by atoms with Gasteiger partial charge in [0.25, 0.3) is 0 Å². The molecule has 2 heteroatoms. The van der Waals surface area contributed by atoms with Gasteiger partial charge in [-0.3, -0.25) is 4.79 Å². The molecule has 0 radical (unpaired) electrons. The van der Waals surface area contributed by atoms with Crippen molar-refractivity contribution in [2.45, 2.75) is 34.1 Å². The summed E-state index contributed by atoms with van der Waals surface area (Å²) in [5.74, 6) is 0.979. The van der Waals surface area contributed by atoms with Gasteiger partial charge in [0.05, 0.1) is 0 Å². The largest absolute Gasteiger partial charge is 0.345 e. The molecular formula is C10H21NO.